The third kappa shape index (κ3) is 3.49. The predicted octanol–water partition coefficient (Wildman–Crippen LogP) is 1.51. The highest BCUT2D eigenvalue weighted by atomic mass is 19.1. The van der Waals surface area contributed by atoms with Crippen molar-refractivity contribution in [1.82, 2.24) is 15.5 Å². The Morgan fingerprint density at radius 3 is 2.35 bits per heavy atom. The number of nitrogens with one attached hydrogen (secondary N) is 2. The summed E-state index contributed by atoms with van der Waals surface area (Å²) in [6.45, 7) is 6.58. The number of nitrogens with zero attached hydrogens (tertiary/aromatic N) is 1. The van der Waals surface area contributed by atoms with Crippen molar-refractivity contribution in [2.75, 3.05) is 6.54 Å². The molecule has 1 heterocycles. The maximum atomic E-state index is 13.0. The molecule has 6 nitrogen and oxygen atoms in total. The van der Waals surface area contributed by atoms with Gasteiger partial charge in [-0.15, -0.1) is 0 Å². The van der Waals surface area contributed by atoms with Crippen molar-refractivity contribution < 1.29 is 18.8 Å². The Morgan fingerprint density at radius 2 is 1.83 bits per heavy atom. The zero-order chi connectivity index (χ0) is 17.4. The molecule has 2 N–H and O–H groups in total. The molecule has 1 aromatic rings. The van der Waals surface area contributed by atoms with Crippen LogP contribution >= 0.6 is 0 Å². The van der Waals surface area contributed by atoms with Crippen LogP contribution in [0.3, 0.4) is 0 Å². The molecule has 23 heavy (non-hydrogen) atoms. The molecule has 1 atom stereocenters. The lowest BCUT2D eigenvalue weighted by Crippen LogP contribution is -2.48. The molecule has 0 bridgehead atoms. The van der Waals surface area contributed by atoms with Crippen molar-refractivity contribution in [2.24, 2.45) is 0 Å². The van der Waals surface area contributed by atoms with Crippen LogP contribution in [0.15, 0.2) is 24.3 Å². The lowest BCUT2D eigenvalue weighted by molar-refractivity contribution is -0.135. The van der Waals surface area contributed by atoms with E-state index in [4.69, 9.17) is 0 Å². The molecule has 1 saturated heterocycles. The first-order chi connectivity index (χ1) is 10.5. The SMILES string of the molecule is CC(C)(C)NC(=O)CN1C(=O)NC(C)(c2ccc(F)cc2)C1=O. The largest absolute Gasteiger partial charge is 0.350 e. The predicted molar refractivity (Wildman–Crippen MR) is 81.9 cm³/mol. The van der Waals surface area contributed by atoms with Gasteiger partial charge < -0.3 is 10.6 Å². The Morgan fingerprint density at radius 1 is 1.26 bits per heavy atom. The first-order valence-electron chi connectivity index (χ1n) is 7.24. The Labute approximate surface area is 134 Å². The molecule has 124 valence electrons. The molecular formula is C16H20FN3O3. The number of imide groups is 1. The molecule has 1 aromatic carbocycles. The summed E-state index contributed by atoms with van der Waals surface area (Å²) in [6.07, 6.45) is 0. The maximum Gasteiger partial charge on any atom is 0.325 e. The number of carbonyl (C=O) groups excluding carboxylic acids is 3. The molecule has 0 aromatic heterocycles. The van der Waals surface area contributed by atoms with Gasteiger partial charge in [-0.25, -0.2) is 9.18 Å². The number of hydrogen-bond acceptors (Lipinski definition) is 3. The minimum atomic E-state index is -1.31. The van der Waals surface area contributed by atoms with Gasteiger partial charge in [0.2, 0.25) is 5.91 Å². The van der Waals surface area contributed by atoms with Gasteiger partial charge in [0, 0.05) is 5.54 Å². The Balaban J connectivity index is 2.19. The third-order valence-corrected chi connectivity index (χ3v) is 3.51. The fourth-order valence-corrected chi connectivity index (χ4v) is 2.42. The molecule has 7 heteroatoms. The van der Waals surface area contributed by atoms with Gasteiger partial charge in [0.1, 0.15) is 17.9 Å². The quantitative estimate of drug-likeness (QED) is 0.828. The molecule has 0 saturated carbocycles. The number of rotatable bonds is 3. The number of benzene rings is 1. The van der Waals surface area contributed by atoms with Crippen molar-refractivity contribution in [2.45, 2.75) is 38.8 Å². The van der Waals surface area contributed by atoms with E-state index in [9.17, 15) is 18.8 Å². The molecular weight excluding hydrogens is 301 g/mol. The van der Waals surface area contributed by atoms with Crippen LogP contribution in [0.25, 0.3) is 0 Å². The first-order valence-corrected chi connectivity index (χ1v) is 7.24. The number of hydrogen-bond donors (Lipinski definition) is 2. The summed E-state index contributed by atoms with van der Waals surface area (Å²) in [4.78, 5) is 37.5. The third-order valence-electron chi connectivity index (χ3n) is 3.51. The van der Waals surface area contributed by atoms with Crippen molar-refractivity contribution in [3.8, 4) is 0 Å². The topological polar surface area (TPSA) is 78.5 Å². The fraction of sp³-hybridized carbons (Fsp3) is 0.438. The summed E-state index contributed by atoms with van der Waals surface area (Å²) in [5, 5.41) is 5.27. The highest BCUT2D eigenvalue weighted by molar-refractivity contribution is 6.09. The van der Waals surface area contributed by atoms with Crippen molar-refractivity contribution in [1.29, 1.82) is 0 Å². The monoisotopic (exact) mass is 321 g/mol. The van der Waals surface area contributed by atoms with Gasteiger partial charge in [-0.3, -0.25) is 14.5 Å². The van der Waals surface area contributed by atoms with Crippen molar-refractivity contribution in [3.05, 3.63) is 35.6 Å². The van der Waals surface area contributed by atoms with Crippen LogP contribution < -0.4 is 10.6 Å². The Kier molecular flexibility index (Phi) is 4.15. The second kappa shape index (κ2) is 5.64. The fourth-order valence-electron chi connectivity index (χ4n) is 2.42. The molecule has 2 rings (SSSR count). The average Bonchev–Trinajstić information content (AvgIpc) is 2.62. The van der Waals surface area contributed by atoms with Crippen LogP contribution in [0, 0.1) is 5.82 Å². The summed E-state index contributed by atoms with van der Waals surface area (Å²) in [6, 6.07) is 4.66. The van der Waals surface area contributed by atoms with E-state index in [1.165, 1.54) is 31.2 Å². The second-order valence-corrected chi connectivity index (χ2v) is 6.75. The minimum absolute atomic E-state index is 0.362. The Bertz CT molecular complexity index is 652. The summed E-state index contributed by atoms with van der Waals surface area (Å²) >= 11 is 0. The standard InChI is InChI=1S/C16H20FN3O3/c1-15(2,3)18-12(21)9-20-13(22)16(4,19-14(20)23)10-5-7-11(17)8-6-10/h5-8H,9H2,1-4H3,(H,18,21)(H,19,23). The highest BCUT2D eigenvalue weighted by Gasteiger charge is 2.49. The van der Waals surface area contributed by atoms with E-state index in [0.717, 1.165) is 4.90 Å². The van der Waals surface area contributed by atoms with Crippen LogP contribution in [-0.4, -0.2) is 34.8 Å². The van der Waals surface area contributed by atoms with Crippen LogP contribution in [-0.2, 0) is 15.1 Å². The van der Waals surface area contributed by atoms with Gasteiger partial charge in [-0.05, 0) is 45.4 Å². The molecule has 1 aliphatic heterocycles. The zero-order valence-electron chi connectivity index (χ0n) is 13.6. The summed E-state index contributed by atoms with van der Waals surface area (Å²) in [7, 11) is 0. The molecule has 0 aliphatic carbocycles. The van der Waals surface area contributed by atoms with Crippen LogP contribution in [0.2, 0.25) is 0 Å². The van der Waals surface area contributed by atoms with Gasteiger partial charge in [-0.2, -0.15) is 0 Å². The normalized spacial score (nSPS) is 21.3. The lowest BCUT2D eigenvalue weighted by atomic mass is 9.92. The van der Waals surface area contributed by atoms with Crippen LogP contribution in [0.1, 0.15) is 33.3 Å². The molecule has 1 aliphatic rings. The van der Waals surface area contributed by atoms with Crippen LogP contribution in [0.5, 0.6) is 0 Å². The Hall–Kier alpha value is -2.44. The number of amides is 4. The lowest BCUT2D eigenvalue weighted by Gasteiger charge is -2.24. The van der Waals surface area contributed by atoms with Gasteiger partial charge in [0.25, 0.3) is 5.91 Å². The molecule has 0 radical (unpaired) electrons. The molecule has 1 unspecified atom stereocenters. The second-order valence-electron chi connectivity index (χ2n) is 6.75. The number of halogens is 1. The summed E-state index contributed by atoms with van der Waals surface area (Å²) in [5.74, 6) is -1.40. The highest BCUT2D eigenvalue weighted by Crippen LogP contribution is 2.28. The average molecular weight is 321 g/mol. The van der Waals surface area contributed by atoms with E-state index in [1.807, 2.05) is 0 Å². The molecule has 1 fully saturated rings. The maximum absolute atomic E-state index is 13.0. The number of urea groups is 1. The van der Waals surface area contributed by atoms with E-state index in [-0.39, 0.29) is 6.54 Å². The van der Waals surface area contributed by atoms with Gasteiger partial charge in [0.15, 0.2) is 0 Å². The van der Waals surface area contributed by atoms with E-state index in [0.29, 0.717) is 5.56 Å². The van der Waals surface area contributed by atoms with Gasteiger partial charge in [-0.1, -0.05) is 12.1 Å². The molecule has 4 amide bonds. The van der Waals surface area contributed by atoms with Gasteiger partial charge in [0.05, 0.1) is 0 Å². The van der Waals surface area contributed by atoms with E-state index < -0.39 is 34.7 Å². The first kappa shape index (κ1) is 16.9. The number of carbonyl (C=O) groups is 3. The summed E-state index contributed by atoms with van der Waals surface area (Å²) < 4.78 is 13.0. The smallest absolute Gasteiger partial charge is 0.325 e. The van der Waals surface area contributed by atoms with E-state index in [2.05, 4.69) is 10.6 Å². The van der Waals surface area contributed by atoms with Crippen LogP contribution in [0.4, 0.5) is 9.18 Å². The van der Waals surface area contributed by atoms with E-state index in [1.54, 1.807) is 20.8 Å². The van der Waals surface area contributed by atoms with Gasteiger partial charge >= 0.3 is 6.03 Å². The zero-order valence-corrected chi connectivity index (χ0v) is 13.6. The van der Waals surface area contributed by atoms with Crippen molar-refractivity contribution >= 4 is 17.8 Å². The minimum Gasteiger partial charge on any atom is -0.350 e. The van der Waals surface area contributed by atoms with Crippen molar-refractivity contribution in [3.63, 3.8) is 0 Å². The van der Waals surface area contributed by atoms with E-state index >= 15 is 0 Å². The molecule has 0 spiro atoms. The summed E-state index contributed by atoms with van der Waals surface area (Å²) in [5.41, 5.74) is -1.32.